The zero-order valence-corrected chi connectivity index (χ0v) is 20.1. The van der Waals surface area contributed by atoms with Gasteiger partial charge in [-0.3, -0.25) is 14.4 Å². The Balaban J connectivity index is 0.00000103. The van der Waals surface area contributed by atoms with Gasteiger partial charge in [-0.25, -0.2) is 8.42 Å². The van der Waals surface area contributed by atoms with E-state index in [0.717, 1.165) is 31.6 Å². The van der Waals surface area contributed by atoms with Crippen LogP contribution in [0.3, 0.4) is 0 Å². The largest absolute Gasteiger partial charge is 0.483 e. The number of sulfone groups is 1. The molecule has 0 aromatic heterocycles. The highest BCUT2D eigenvalue weighted by molar-refractivity contribution is 7.92. The van der Waals surface area contributed by atoms with Crippen LogP contribution in [-0.2, 0) is 24.2 Å². The van der Waals surface area contributed by atoms with E-state index in [0.29, 0.717) is 19.3 Å². The first-order valence-corrected chi connectivity index (χ1v) is 12.9. The Labute approximate surface area is 203 Å². The second-order valence-electron chi connectivity index (χ2n) is 8.67. The van der Waals surface area contributed by atoms with Gasteiger partial charge in [0.1, 0.15) is 11.6 Å². The summed E-state index contributed by atoms with van der Waals surface area (Å²) in [7, 11) is -3.86. The van der Waals surface area contributed by atoms with Crippen molar-refractivity contribution in [1.82, 2.24) is 10.2 Å². The Morgan fingerprint density at radius 1 is 1.24 bits per heavy atom. The van der Waals surface area contributed by atoms with Gasteiger partial charge in [-0.05, 0) is 56.7 Å². The van der Waals surface area contributed by atoms with Crippen LogP contribution in [0.1, 0.15) is 38.5 Å². The molecule has 4 rings (SSSR count). The summed E-state index contributed by atoms with van der Waals surface area (Å²) < 4.78 is 26.6. The van der Waals surface area contributed by atoms with Crippen LogP contribution in [0, 0.1) is 11.3 Å². The van der Waals surface area contributed by atoms with Gasteiger partial charge in [0.2, 0.25) is 12.3 Å². The van der Waals surface area contributed by atoms with Crippen molar-refractivity contribution in [3.63, 3.8) is 0 Å². The van der Waals surface area contributed by atoms with Gasteiger partial charge in [0.15, 0.2) is 9.84 Å². The number of carboxylic acid groups (broad SMARTS) is 1. The first-order chi connectivity index (χ1) is 16.2. The summed E-state index contributed by atoms with van der Waals surface area (Å²) in [6.07, 6.45) is 4.96. The molecule has 1 aliphatic carbocycles. The Kier molecular flexibility index (Phi) is 8.05. The van der Waals surface area contributed by atoms with E-state index in [-0.39, 0.29) is 29.4 Å². The van der Waals surface area contributed by atoms with Crippen molar-refractivity contribution in [2.24, 2.45) is 0 Å². The van der Waals surface area contributed by atoms with E-state index in [1.54, 1.807) is 12.1 Å². The van der Waals surface area contributed by atoms with Crippen molar-refractivity contribution in [3.8, 4) is 6.07 Å². The highest BCUT2D eigenvalue weighted by Gasteiger charge is 2.49. The zero-order chi connectivity index (χ0) is 24.9. The average Bonchev–Trinajstić information content (AvgIpc) is 3.45. The first kappa shape index (κ1) is 25.8. The van der Waals surface area contributed by atoms with Crippen LogP contribution in [0.2, 0.25) is 5.02 Å². The van der Waals surface area contributed by atoms with E-state index in [4.69, 9.17) is 21.5 Å². The van der Waals surface area contributed by atoms with E-state index < -0.39 is 32.6 Å². The highest BCUT2D eigenvalue weighted by atomic mass is 35.5. The monoisotopic (exact) mass is 510 g/mol. The third-order valence-electron chi connectivity index (χ3n) is 6.45. The number of piperidine rings is 1. The van der Waals surface area contributed by atoms with E-state index in [1.807, 2.05) is 0 Å². The highest BCUT2D eigenvalue weighted by Crippen LogP contribution is 2.37. The molecule has 0 bridgehead atoms. The van der Waals surface area contributed by atoms with Crippen LogP contribution in [0.15, 0.2) is 23.1 Å². The van der Waals surface area contributed by atoms with Gasteiger partial charge in [-0.15, -0.1) is 0 Å². The van der Waals surface area contributed by atoms with Crippen LogP contribution >= 0.6 is 11.6 Å². The number of anilines is 1. The van der Waals surface area contributed by atoms with E-state index >= 15 is 0 Å². The van der Waals surface area contributed by atoms with Crippen LogP contribution in [-0.4, -0.2) is 73.7 Å². The van der Waals surface area contributed by atoms with Crippen molar-refractivity contribution in [2.75, 3.05) is 24.5 Å². The normalized spacial score (nSPS) is 23.2. The third kappa shape index (κ3) is 5.45. The lowest BCUT2D eigenvalue weighted by molar-refractivity contribution is -0.131. The second-order valence-corrected chi connectivity index (χ2v) is 11.3. The van der Waals surface area contributed by atoms with Crippen LogP contribution in [0.4, 0.5) is 5.69 Å². The minimum Gasteiger partial charge on any atom is -0.483 e. The summed E-state index contributed by atoms with van der Waals surface area (Å²) in [5.41, 5.74) is 0.0176. The molecule has 2 heterocycles. The Hall–Kier alpha value is -2.84. The van der Waals surface area contributed by atoms with Gasteiger partial charge in [0.05, 0.1) is 21.2 Å². The number of carbonyl (C=O) groups excluding carboxylic acids is 2. The Bertz CT molecular complexity index is 1080. The molecule has 2 aliphatic heterocycles. The molecular weight excluding hydrogens is 484 g/mol. The van der Waals surface area contributed by atoms with E-state index in [1.165, 1.54) is 17.4 Å². The maximum atomic E-state index is 13.3. The smallest absolute Gasteiger partial charge is 0.290 e. The van der Waals surface area contributed by atoms with Crippen molar-refractivity contribution < 1.29 is 27.9 Å². The SMILES string of the molecule is N#CC1(NC(=O)[C@@H]2C[C@@H](S(=O)(=O)c3ccc(N4CCCCC4)cc3Cl)CN2C=O)CC1.O=CO. The van der Waals surface area contributed by atoms with Crippen LogP contribution in [0.5, 0.6) is 0 Å². The summed E-state index contributed by atoms with van der Waals surface area (Å²) >= 11 is 6.39. The summed E-state index contributed by atoms with van der Waals surface area (Å²) in [4.78, 5) is 35.9. The van der Waals surface area contributed by atoms with E-state index in [2.05, 4.69) is 16.3 Å². The maximum absolute atomic E-state index is 13.3. The average molecular weight is 511 g/mol. The third-order valence-corrected chi connectivity index (χ3v) is 9.06. The number of carbonyl (C=O) groups is 3. The number of likely N-dealkylation sites (tertiary alicyclic amines) is 1. The predicted octanol–water partition coefficient (Wildman–Crippen LogP) is 1.58. The molecule has 2 saturated heterocycles. The molecule has 1 aromatic carbocycles. The second kappa shape index (κ2) is 10.6. The van der Waals surface area contributed by atoms with Crippen LogP contribution < -0.4 is 10.2 Å². The summed E-state index contributed by atoms with van der Waals surface area (Å²) in [5, 5.41) is 17.9. The molecule has 0 spiro atoms. The van der Waals surface area contributed by atoms with Gasteiger partial charge in [0, 0.05) is 25.3 Å². The Morgan fingerprint density at radius 3 is 2.41 bits per heavy atom. The van der Waals surface area contributed by atoms with Crippen molar-refractivity contribution in [3.05, 3.63) is 23.2 Å². The van der Waals surface area contributed by atoms with Gasteiger partial charge in [0.25, 0.3) is 6.47 Å². The molecule has 0 unspecified atom stereocenters. The Morgan fingerprint density at radius 2 is 1.88 bits per heavy atom. The molecular formula is C22H27ClN4O6S. The lowest BCUT2D eigenvalue weighted by Gasteiger charge is -2.29. The molecule has 12 heteroatoms. The zero-order valence-electron chi connectivity index (χ0n) is 18.5. The van der Waals surface area contributed by atoms with Crippen molar-refractivity contribution >= 4 is 45.9 Å². The van der Waals surface area contributed by atoms with Gasteiger partial charge < -0.3 is 20.2 Å². The maximum Gasteiger partial charge on any atom is 0.290 e. The molecule has 10 nitrogen and oxygen atoms in total. The molecule has 0 radical (unpaired) electrons. The van der Waals surface area contributed by atoms with Gasteiger partial charge >= 0.3 is 0 Å². The molecule has 3 aliphatic rings. The van der Waals surface area contributed by atoms with Gasteiger partial charge in [-0.1, -0.05) is 11.6 Å². The summed E-state index contributed by atoms with van der Waals surface area (Å²) in [6.45, 7) is 1.49. The summed E-state index contributed by atoms with van der Waals surface area (Å²) in [5.74, 6) is -0.490. The number of hydrogen-bond donors (Lipinski definition) is 2. The van der Waals surface area contributed by atoms with Crippen LogP contribution in [0.25, 0.3) is 0 Å². The van der Waals surface area contributed by atoms with Crippen molar-refractivity contribution in [1.29, 1.82) is 5.26 Å². The molecule has 184 valence electrons. The number of halogens is 1. The fourth-order valence-corrected chi connectivity index (χ4v) is 6.63. The fourth-order valence-electron chi connectivity index (χ4n) is 4.38. The van der Waals surface area contributed by atoms with Gasteiger partial charge in [-0.2, -0.15) is 5.26 Å². The molecule has 2 atom stereocenters. The molecule has 34 heavy (non-hydrogen) atoms. The number of rotatable bonds is 6. The minimum absolute atomic E-state index is 0.0162. The lowest BCUT2D eigenvalue weighted by Crippen LogP contribution is -2.47. The lowest BCUT2D eigenvalue weighted by atomic mass is 10.1. The predicted molar refractivity (Wildman–Crippen MR) is 124 cm³/mol. The van der Waals surface area contributed by atoms with Crippen molar-refractivity contribution in [2.45, 2.75) is 60.3 Å². The first-order valence-electron chi connectivity index (χ1n) is 11.0. The fraction of sp³-hybridized carbons (Fsp3) is 0.545. The summed E-state index contributed by atoms with van der Waals surface area (Å²) in [6, 6.07) is 6.12. The number of nitrogens with one attached hydrogen (secondary N) is 1. The quantitative estimate of drug-likeness (QED) is 0.548. The topological polar surface area (TPSA) is 148 Å². The molecule has 1 saturated carbocycles. The molecule has 1 aromatic rings. The van der Waals surface area contributed by atoms with E-state index in [9.17, 15) is 23.3 Å². The number of benzene rings is 1. The standard InChI is InChI=1S/C21H25ClN4O4S.CH2O2/c22-17-10-15(25-8-2-1-3-9-25)4-5-19(17)31(29,30)16-11-18(26(12-16)14-27)20(28)24-21(13-23)6-7-21;2-1-3/h4-5,10,14,16,18H,1-3,6-9,11-12H2,(H,24,28);1H,(H,2,3)/t16-,18+;/m1./s1. The molecule has 3 fully saturated rings. The number of nitriles is 1. The number of hydrogen-bond acceptors (Lipinski definition) is 7. The molecule has 2 N–H and O–H groups in total. The number of amides is 2. The minimum atomic E-state index is -3.86. The molecule has 2 amide bonds. The number of nitrogens with zero attached hydrogens (tertiary/aromatic N) is 3.